The molecule has 0 aliphatic heterocycles. The van der Waals surface area contributed by atoms with Crippen LogP contribution in [-0.2, 0) is 19.2 Å². The summed E-state index contributed by atoms with van der Waals surface area (Å²) in [7, 11) is 0. The number of carboxylic acids is 4. The van der Waals surface area contributed by atoms with E-state index in [2.05, 4.69) is 13.2 Å². The summed E-state index contributed by atoms with van der Waals surface area (Å²) in [5.74, 6) is -4.89. The average Bonchev–Trinajstić information content (AvgIpc) is 2.38. The molecule has 0 amide bonds. The third-order valence-corrected chi connectivity index (χ3v) is 1.88. The lowest BCUT2D eigenvalue weighted by Gasteiger charge is -1.94. The van der Waals surface area contributed by atoms with Crippen molar-refractivity contribution in [2.75, 3.05) is 0 Å². The quantitative estimate of drug-likeness (QED) is 0.262. The molecule has 6 N–H and O–H groups in total. The van der Waals surface area contributed by atoms with Crippen molar-refractivity contribution in [1.29, 1.82) is 0 Å². The summed E-state index contributed by atoms with van der Waals surface area (Å²) < 4.78 is 0. The van der Waals surface area contributed by atoms with Crippen LogP contribution >= 0.6 is 0 Å². The summed E-state index contributed by atoms with van der Waals surface area (Å²) in [5.41, 5.74) is -0.606. The number of hydrogen-bond acceptors (Lipinski definition) is 6. The summed E-state index contributed by atoms with van der Waals surface area (Å²) in [6.07, 6.45) is -0.794. The maximum Gasteiger partial charge on any atom is 0.331 e. The Labute approximate surface area is 138 Å². The van der Waals surface area contributed by atoms with Gasteiger partial charge in [0.2, 0.25) is 0 Å². The first kappa shape index (κ1) is 26.2. The van der Waals surface area contributed by atoms with E-state index in [0.29, 0.717) is 6.42 Å². The molecule has 10 nitrogen and oxygen atoms in total. The van der Waals surface area contributed by atoms with Crippen LogP contribution in [-0.4, -0.2) is 60.8 Å². The minimum atomic E-state index is -1.27. The minimum absolute atomic E-state index is 0.303. The molecular weight excluding hydrogens is 328 g/mol. The Hall–Kier alpha value is -2.72. The Kier molecular flexibility index (Phi) is 16.6. The van der Waals surface area contributed by atoms with Crippen molar-refractivity contribution in [2.45, 2.75) is 38.9 Å². The second-order valence-electron chi connectivity index (χ2n) is 4.23. The van der Waals surface area contributed by atoms with Gasteiger partial charge in [-0.15, -0.1) is 0 Å². The maximum atomic E-state index is 9.87. The standard InChI is InChI=1S/2C5H6O4.C4H10O2/c2*1-3(5(8)9)2-4(6)7;1-2-3-4(5)6/h2*1-2H2,(H,6,7)(H,8,9);4-6H,2-3H2,1H3. The SMILES string of the molecule is C=C(CC(=O)O)C(=O)O.C=C(CC(=O)O)C(=O)O.CCCC(O)O. The fourth-order valence-electron chi connectivity index (χ4n) is 0.775. The molecule has 0 aliphatic carbocycles. The predicted octanol–water partition coefficient (Wildman–Crippen LogP) is 0.301. The molecule has 0 rings (SSSR count). The van der Waals surface area contributed by atoms with Crippen molar-refractivity contribution in [3.63, 3.8) is 0 Å². The zero-order valence-corrected chi connectivity index (χ0v) is 13.1. The van der Waals surface area contributed by atoms with Crippen molar-refractivity contribution in [3.05, 3.63) is 24.3 Å². The van der Waals surface area contributed by atoms with Gasteiger partial charge in [0, 0.05) is 11.1 Å². The number of hydrogen-bond donors (Lipinski definition) is 6. The van der Waals surface area contributed by atoms with Gasteiger partial charge in [-0.2, -0.15) is 0 Å². The van der Waals surface area contributed by atoms with Crippen molar-refractivity contribution >= 4 is 23.9 Å². The Morgan fingerprint density at radius 1 is 0.792 bits per heavy atom. The highest BCUT2D eigenvalue weighted by Gasteiger charge is 2.07. The highest BCUT2D eigenvalue weighted by Crippen LogP contribution is 1.96. The molecule has 0 unspecified atom stereocenters. The van der Waals surface area contributed by atoms with Crippen LogP contribution in [0.4, 0.5) is 0 Å². The Morgan fingerprint density at radius 2 is 1.08 bits per heavy atom. The minimum Gasteiger partial charge on any atom is -0.481 e. The van der Waals surface area contributed by atoms with Gasteiger partial charge in [-0.05, 0) is 6.42 Å². The summed E-state index contributed by atoms with van der Waals surface area (Å²) in [4.78, 5) is 39.3. The number of aliphatic hydroxyl groups is 2. The van der Waals surface area contributed by atoms with Gasteiger partial charge in [0.05, 0.1) is 12.8 Å². The van der Waals surface area contributed by atoms with Crippen molar-refractivity contribution < 1.29 is 49.8 Å². The zero-order chi connectivity index (χ0) is 19.9. The first-order chi connectivity index (χ1) is 10.8. The van der Waals surface area contributed by atoms with Gasteiger partial charge in [-0.25, -0.2) is 9.59 Å². The van der Waals surface area contributed by atoms with Gasteiger partial charge in [0.15, 0.2) is 6.29 Å². The molecule has 0 spiro atoms. The van der Waals surface area contributed by atoms with E-state index in [9.17, 15) is 19.2 Å². The molecule has 0 saturated heterocycles. The summed E-state index contributed by atoms with van der Waals surface area (Å²) in [5, 5.41) is 48.4. The molecule has 10 heteroatoms. The van der Waals surface area contributed by atoms with Crippen LogP contribution in [0.1, 0.15) is 32.6 Å². The number of carbonyl (C=O) groups is 4. The third-order valence-electron chi connectivity index (χ3n) is 1.88. The molecule has 0 fully saturated rings. The maximum absolute atomic E-state index is 9.87. The predicted molar refractivity (Wildman–Crippen MR) is 81.2 cm³/mol. The molecule has 24 heavy (non-hydrogen) atoms. The van der Waals surface area contributed by atoms with Crippen LogP contribution in [0.2, 0.25) is 0 Å². The van der Waals surface area contributed by atoms with E-state index in [-0.39, 0.29) is 11.1 Å². The van der Waals surface area contributed by atoms with Crippen molar-refractivity contribution in [1.82, 2.24) is 0 Å². The Balaban J connectivity index is -0.000000282. The summed E-state index contributed by atoms with van der Waals surface area (Å²) >= 11 is 0. The number of carboxylic acid groups (broad SMARTS) is 4. The monoisotopic (exact) mass is 350 g/mol. The average molecular weight is 350 g/mol. The first-order valence-electron chi connectivity index (χ1n) is 6.46. The van der Waals surface area contributed by atoms with Crippen LogP contribution in [0.15, 0.2) is 24.3 Å². The fraction of sp³-hybridized carbons (Fsp3) is 0.429. The number of aliphatic hydroxyl groups excluding tert-OH is 1. The number of aliphatic carboxylic acids is 4. The van der Waals surface area contributed by atoms with Crippen LogP contribution in [0.3, 0.4) is 0 Å². The lowest BCUT2D eigenvalue weighted by molar-refractivity contribution is -0.139. The van der Waals surface area contributed by atoms with Gasteiger partial charge < -0.3 is 30.6 Å². The molecule has 0 heterocycles. The number of rotatable bonds is 8. The Bertz CT molecular complexity index is 426. The third kappa shape index (κ3) is 24.3. The largest absolute Gasteiger partial charge is 0.481 e. The highest BCUT2D eigenvalue weighted by molar-refractivity contribution is 5.91. The first-order valence-corrected chi connectivity index (χ1v) is 6.46. The highest BCUT2D eigenvalue weighted by atomic mass is 16.5. The van der Waals surface area contributed by atoms with E-state index in [1.165, 1.54) is 0 Å². The van der Waals surface area contributed by atoms with Crippen molar-refractivity contribution in [2.24, 2.45) is 0 Å². The molecule has 0 aromatic rings. The van der Waals surface area contributed by atoms with E-state index >= 15 is 0 Å². The molecule has 0 aromatic heterocycles. The van der Waals surface area contributed by atoms with Gasteiger partial charge >= 0.3 is 23.9 Å². The van der Waals surface area contributed by atoms with E-state index in [1.54, 1.807) is 0 Å². The Morgan fingerprint density at radius 3 is 1.12 bits per heavy atom. The van der Waals surface area contributed by atoms with Gasteiger partial charge in [0.1, 0.15) is 0 Å². The lowest BCUT2D eigenvalue weighted by Crippen LogP contribution is -2.04. The summed E-state index contributed by atoms with van der Waals surface area (Å²) in [6, 6.07) is 0. The smallest absolute Gasteiger partial charge is 0.331 e. The zero-order valence-electron chi connectivity index (χ0n) is 13.1. The fourth-order valence-corrected chi connectivity index (χ4v) is 0.775. The molecule has 138 valence electrons. The van der Waals surface area contributed by atoms with E-state index in [1.807, 2.05) is 6.92 Å². The van der Waals surface area contributed by atoms with Crippen LogP contribution < -0.4 is 0 Å². The van der Waals surface area contributed by atoms with Gasteiger partial charge in [0.25, 0.3) is 0 Å². The van der Waals surface area contributed by atoms with Crippen molar-refractivity contribution in [3.8, 4) is 0 Å². The van der Waals surface area contributed by atoms with Gasteiger partial charge in [-0.1, -0.05) is 26.5 Å². The molecule has 0 aromatic carbocycles. The molecule has 0 saturated carbocycles. The summed E-state index contributed by atoms with van der Waals surface area (Å²) in [6.45, 7) is 7.93. The normalized spacial score (nSPS) is 8.83. The lowest BCUT2D eigenvalue weighted by atomic mass is 10.2. The van der Waals surface area contributed by atoms with E-state index in [0.717, 1.165) is 6.42 Å². The van der Waals surface area contributed by atoms with Gasteiger partial charge in [-0.3, -0.25) is 9.59 Å². The molecule has 0 atom stereocenters. The molecule has 0 bridgehead atoms. The van der Waals surface area contributed by atoms with Crippen LogP contribution in [0.5, 0.6) is 0 Å². The second-order valence-corrected chi connectivity index (χ2v) is 4.23. The van der Waals surface area contributed by atoms with E-state index < -0.39 is 43.0 Å². The van der Waals surface area contributed by atoms with Crippen LogP contribution in [0.25, 0.3) is 0 Å². The molecular formula is C14H22O10. The van der Waals surface area contributed by atoms with E-state index in [4.69, 9.17) is 30.6 Å². The second kappa shape index (κ2) is 15.2. The van der Waals surface area contributed by atoms with Crippen LogP contribution in [0, 0.1) is 0 Å². The molecule has 0 aliphatic rings. The molecule has 0 radical (unpaired) electrons. The topological polar surface area (TPSA) is 190 Å².